The van der Waals surface area contributed by atoms with Crippen molar-refractivity contribution in [2.75, 3.05) is 11.5 Å². The van der Waals surface area contributed by atoms with Crippen LogP contribution in [0.5, 0.6) is 5.75 Å². The van der Waals surface area contributed by atoms with E-state index in [0.29, 0.717) is 38.5 Å². The highest BCUT2D eigenvalue weighted by Gasteiger charge is 2.57. The highest BCUT2D eigenvalue weighted by atomic mass is 32.2. The molecule has 41 heavy (non-hydrogen) atoms. The normalized spacial score (nSPS) is 32.6. The molecule has 1 aromatic carbocycles. The van der Waals surface area contributed by atoms with Crippen LogP contribution < -0.4 is 0 Å². The van der Waals surface area contributed by atoms with Crippen molar-refractivity contribution in [1.82, 2.24) is 0 Å². The molecular weight excluding hydrogens is 559 g/mol. The molecule has 0 spiro atoms. The Morgan fingerprint density at radius 1 is 1.00 bits per heavy atom. The number of unbranched alkanes of at least 4 members (excludes halogenated alkanes) is 4. The number of phenolic OH excluding ortho intramolecular Hbond substituents is 1. The first-order valence-electron chi connectivity index (χ1n) is 17.1. The summed E-state index contributed by atoms with van der Waals surface area (Å²) in [5, 5.41) is 21.1. The van der Waals surface area contributed by atoms with Crippen LogP contribution in [0.25, 0.3) is 0 Å². The van der Waals surface area contributed by atoms with E-state index in [4.69, 9.17) is 2.74 Å². The first kappa shape index (κ1) is 27.3. The molecule has 0 aliphatic heterocycles. The standard InChI is InChI=1S/C32H47F5O3S/c1-30-17-15-26-25-12-11-24(38)21-23(25)20-22(29(26)27(30)13-14-28(30)39)10-7-5-3-2-4-6-8-18-41(40)19-9-16-31(33,34)32(35,36)37/h11-12,21-22,26-29,38-39H,2-10,13-20H2,1H3/t22-,26+,27-,28-,29+,30-,41?/m0/s1/i10D2,18D2. The highest BCUT2D eigenvalue weighted by molar-refractivity contribution is 7.84. The molecule has 4 rings (SSSR count). The fourth-order valence-electron chi connectivity index (χ4n) is 7.70. The molecule has 9 heteroatoms. The van der Waals surface area contributed by atoms with Crippen molar-refractivity contribution >= 4 is 10.8 Å². The predicted octanol–water partition coefficient (Wildman–Crippen LogP) is 8.68. The predicted molar refractivity (Wildman–Crippen MR) is 153 cm³/mol. The Morgan fingerprint density at radius 3 is 2.39 bits per heavy atom. The van der Waals surface area contributed by atoms with Gasteiger partial charge in [-0.2, -0.15) is 22.0 Å². The average Bonchev–Trinajstić information content (AvgIpc) is 3.24. The number of phenols is 1. The van der Waals surface area contributed by atoms with Crippen LogP contribution in [0, 0.1) is 23.2 Å². The van der Waals surface area contributed by atoms with Crippen LogP contribution in [-0.2, 0) is 17.2 Å². The summed E-state index contributed by atoms with van der Waals surface area (Å²) in [4.78, 5) is 0. The summed E-state index contributed by atoms with van der Waals surface area (Å²) in [5.74, 6) is -4.99. The number of benzene rings is 1. The monoisotopic (exact) mass is 610 g/mol. The van der Waals surface area contributed by atoms with Crippen LogP contribution in [0.4, 0.5) is 22.0 Å². The molecule has 1 unspecified atom stereocenters. The third-order valence-electron chi connectivity index (χ3n) is 9.97. The molecular formula is C32H47F5O3S. The summed E-state index contributed by atoms with van der Waals surface area (Å²) in [5.41, 5.74) is -0.191. The SMILES string of the molecule is [2H]C([2H])(CCCCCCCC([2H])([2H])S(=O)CCCC(F)(F)C(F)(F)F)[C@H]1Cc2cc(O)ccc2[C@H]2CC[C@]3(C)[C@@H](O)CC[C@H]3[C@@H]21. The number of halogens is 5. The van der Waals surface area contributed by atoms with E-state index >= 15 is 0 Å². The van der Waals surface area contributed by atoms with E-state index in [1.165, 1.54) is 5.56 Å². The van der Waals surface area contributed by atoms with E-state index in [2.05, 4.69) is 6.92 Å². The molecule has 0 radical (unpaired) electrons. The van der Waals surface area contributed by atoms with Gasteiger partial charge < -0.3 is 10.2 Å². The van der Waals surface area contributed by atoms with Gasteiger partial charge in [0.1, 0.15) is 5.75 Å². The lowest BCUT2D eigenvalue weighted by molar-refractivity contribution is -0.284. The molecule has 0 aromatic heterocycles. The summed E-state index contributed by atoms with van der Waals surface area (Å²) in [6.07, 6.45) is -2.50. The number of fused-ring (bicyclic) bond motifs is 5. The van der Waals surface area contributed by atoms with Gasteiger partial charge >= 0.3 is 12.1 Å². The maximum Gasteiger partial charge on any atom is 0.453 e. The smallest absolute Gasteiger partial charge is 0.453 e. The van der Waals surface area contributed by atoms with Gasteiger partial charge in [-0.25, -0.2) is 0 Å². The molecule has 3 nitrogen and oxygen atoms in total. The second-order valence-corrected chi connectivity index (χ2v) is 14.0. The second-order valence-electron chi connectivity index (χ2n) is 12.6. The van der Waals surface area contributed by atoms with Crippen LogP contribution in [0.2, 0.25) is 0 Å². The van der Waals surface area contributed by atoms with E-state index in [9.17, 15) is 39.1 Å². The van der Waals surface area contributed by atoms with Gasteiger partial charge in [-0.1, -0.05) is 51.5 Å². The van der Waals surface area contributed by atoms with Gasteiger partial charge in [-0.15, -0.1) is 0 Å². The molecule has 0 amide bonds. The van der Waals surface area contributed by atoms with Gasteiger partial charge in [-0.3, -0.25) is 4.21 Å². The molecule has 3 aliphatic carbocycles. The zero-order valence-corrected chi connectivity index (χ0v) is 24.6. The molecule has 0 bridgehead atoms. The Labute approximate surface area is 249 Å². The minimum atomic E-state index is -5.68. The van der Waals surface area contributed by atoms with E-state index < -0.39 is 53.6 Å². The summed E-state index contributed by atoms with van der Waals surface area (Å²) < 4.78 is 110. The number of hydrogen-bond acceptors (Lipinski definition) is 3. The largest absolute Gasteiger partial charge is 0.508 e. The van der Waals surface area contributed by atoms with Gasteiger partial charge in [0.15, 0.2) is 0 Å². The zero-order chi connectivity index (χ0) is 33.4. The fraction of sp³-hybridized carbons (Fsp3) is 0.812. The van der Waals surface area contributed by atoms with E-state index in [0.717, 1.165) is 37.7 Å². The minimum absolute atomic E-state index is 0.0977. The Hall–Kier alpha value is -1.22. The van der Waals surface area contributed by atoms with Gasteiger partial charge in [0.25, 0.3) is 0 Å². The molecule has 0 heterocycles. The van der Waals surface area contributed by atoms with Gasteiger partial charge in [0.2, 0.25) is 0 Å². The molecule has 7 atom stereocenters. The van der Waals surface area contributed by atoms with E-state index in [1.807, 2.05) is 6.07 Å². The lowest BCUT2D eigenvalue weighted by Gasteiger charge is -2.53. The van der Waals surface area contributed by atoms with Crippen molar-refractivity contribution < 1.29 is 41.9 Å². The van der Waals surface area contributed by atoms with Crippen molar-refractivity contribution in [3.8, 4) is 5.75 Å². The molecule has 1 aromatic rings. The third-order valence-corrected chi connectivity index (χ3v) is 11.2. The second kappa shape index (κ2) is 13.6. The molecule has 2 fully saturated rings. The number of rotatable bonds is 14. The van der Waals surface area contributed by atoms with Gasteiger partial charge in [0.05, 0.1) is 6.10 Å². The maximum absolute atomic E-state index is 13.1. The summed E-state index contributed by atoms with van der Waals surface area (Å²) in [6.45, 7) is 2.16. The van der Waals surface area contributed by atoms with Crippen LogP contribution in [0.1, 0.15) is 119 Å². The van der Waals surface area contributed by atoms with Crippen LogP contribution >= 0.6 is 0 Å². The lowest BCUT2D eigenvalue weighted by atomic mass is 9.52. The van der Waals surface area contributed by atoms with Crippen LogP contribution in [-0.4, -0.2) is 44.1 Å². The first-order valence-corrected chi connectivity index (χ1v) is 16.4. The van der Waals surface area contributed by atoms with Crippen molar-refractivity contribution in [3.63, 3.8) is 0 Å². The number of aliphatic hydroxyl groups is 1. The Balaban J connectivity index is 1.26. The lowest BCUT2D eigenvalue weighted by Crippen LogP contribution is -2.47. The average molecular weight is 611 g/mol. The minimum Gasteiger partial charge on any atom is -0.508 e. The number of alkyl halides is 5. The van der Waals surface area contributed by atoms with Gasteiger partial charge in [0, 0.05) is 34.2 Å². The number of hydrogen-bond donors (Lipinski definition) is 2. The number of aliphatic hydroxyl groups excluding tert-OH is 1. The molecule has 3 aliphatic rings. The third kappa shape index (κ3) is 7.66. The molecule has 2 saturated carbocycles. The van der Waals surface area contributed by atoms with Crippen molar-refractivity contribution in [2.45, 2.75) is 127 Å². The van der Waals surface area contributed by atoms with E-state index in [1.54, 1.807) is 12.1 Å². The Bertz CT molecular complexity index is 1200. The van der Waals surface area contributed by atoms with Gasteiger partial charge in [-0.05, 0) is 104 Å². The molecule has 0 saturated heterocycles. The Morgan fingerprint density at radius 2 is 1.68 bits per heavy atom. The first-order chi connectivity index (χ1) is 20.8. The van der Waals surface area contributed by atoms with Crippen molar-refractivity contribution in [1.29, 1.82) is 0 Å². The zero-order valence-electron chi connectivity index (χ0n) is 27.8. The van der Waals surface area contributed by atoms with Crippen LogP contribution in [0.15, 0.2) is 18.2 Å². The highest BCUT2D eigenvalue weighted by Crippen LogP contribution is 2.62. The summed E-state index contributed by atoms with van der Waals surface area (Å²) in [6, 6.07) is 5.48. The van der Waals surface area contributed by atoms with Crippen molar-refractivity contribution in [3.05, 3.63) is 29.3 Å². The molecule has 234 valence electrons. The summed E-state index contributed by atoms with van der Waals surface area (Å²) >= 11 is 0. The molecule has 2 N–H and O–H groups in total. The fourth-order valence-corrected chi connectivity index (χ4v) is 8.62. The van der Waals surface area contributed by atoms with E-state index in [-0.39, 0.29) is 47.4 Å². The number of aromatic hydroxyl groups is 1. The maximum atomic E-state index is 13.1. The van der Waals surface area contributed by atoms with Crippen molar-refractivity contribution in [2.24, 2.45) is 23.2 Å². The topological polar surface area (TPSA) is 57.5 Å². The quantitative estimate of drug-likeness (QED) is 0.164. The summed E-state index contributed by atoms with van der Waals surface area (Å²) in [7, 11) is -2.19. The Kier molecular flexibility index (Phi) is 9.07. The van der Waals surface area contributed by atoms with Crippen LogP contribution in [0.3, 0.4) is 0 Å².